The van der Waals surface area contributed by atoms with E-state index in [0.717, 1.165) is 11.1 Å². The maximum absolute atomic E-state index is 11.2. The number of rotatable bonds is 9. The Morgan fingerprint density at radius 1 is 0.818 bits per heavy atom. The molecule has 2 aromatic carbocycles. The fourth-order valence-electron chi connectivity index (χ4n) is 3.45. The predicted octanol–water partition coefficient (Wildman–Crippen LogP) is 4.26. The third-order valence-corrected chi connectivity index (χ3v) is 11.1. The molecule has 1 aliphatic rings. The van der Waals surface area contributed by atoms with Crippen LogP contribution in [0, 0.1) is 0 Å². The van der Waals surface area contributed by atoms with Gasteiger partial charge in [0.05, 0.1) is 19.8 Å². The summed E-state index contributed by atoms with van der Waals surface area (Å²) in [6.07, 6.45) is -4.58. The molecule has 5 atom stereocenters. The van der Waals surface area contributed by atoms with Gasteiger partial charge in [0.1, 0.15) is 24.4 Å². The summed E-state index contributed by atoms with van der Waals surface area (Å²) in [5, 5.41) is 22.0. The van der Waals surface area contributed by atoms with Crippen molar-refractivity contribution >= 4 is 8.32 Å². The first-order chi connectivity index (χ1) is 15.6. The molecule has 1 saturated heterocycles. The molecular weight excluding hydrogens is 436 g/mol. The minimum absolute atomic E-state index is 0.0236. The second-order valence-electron chi connectivity index (χ2n) is 10.1. The van der Waals surface area contributed by atoms with Crippen molar-refractivity contribution in [2.24, 2.45) is 0 Å². The van der Waals surface area contributed by atoms with E-state index >= 15 is 0 Å². The Morgan fingerprint density at radius 3 is 1.79 bits per heavy atom. The summed E-state index contributed by atoms with van der Waals surface area (Å²) in [5.41, 5.74) is 1.94. The van der Waals surface area contributed by atoms with Crippen LogP contribution in [0.4, 0.5) is 0 Å². The van der Waals surface area contributed by atoms with E-state index in [1.807, 2.05) is 60.7 Å². The average molecular weight is 475 g/mol. The molecular formula is C26H38O6Si. The Bertz CT molecular complexity index is 839. The van der Waals surface area contributed by atoms with Gasteiger partial charge in [0.2, 0.25) is 0 Å². The third-order valence-electron chi connectivity index (χ3n) is 6.62. The Balaban J connectivity index is 1.72. The molecule has 2 aromatic rings. The van der Waals surface area contributed by atoms with Crippen LogP contribution in [0.5, 0.6) is 0 Å². The van der Waals surface area contributed by atoms with Crippen molar-refractivity contribution in [1.82, 2.24) is 0 Å². The van der Waals surface area contributed by atoms with Crippen LogP contribution in [0.3, 0.4) is 0 Å². The number of aliphatic hydroxyl groups is 2. The van der Waals surface area contributed by atoms with Crippen molar-refractivity contribution in [3.05, 3.63) is 71.8 Å². The molecule has 7 heteroatoms. The molecule has 1 heterocycles. The van der Waals surface area contributed by atoms with Gasteiger partial charge < -0.3 is 28.8 Å². The number of ether oxygens (including phenoxy) is 3. The summed E-state index contributed by atoms with van der Waals surface area (Å²) in [4.78, 5) is 0. The molecule has 0 saturated carbocycles. The molecule has 0 aromatic heterocycles. The summed E-state index contributed by atoms with van der Waals surface area (Å²) < 4.78 is 24.2. The minimum Gasteiger partial charge on any atom is -0.414 e. The lowest BCUT2D eigenvalue weighted by atomic mass is 9.98. The number of hydrogen-bond acceptors (Lipinski definition) is 6. The molecule has 1 fully saturated rings. The summed E-state index contributed by atoms with van der Waals surface area (Å²) in [5.74, 6) is 0. The second kappa shape index (κ2) is 11.2. The highest BCUT2D eigenvalue weighted by molar-refractivity contribution is 6.74. The van der Waals surface area contributed by atoms with Crippen LogP contribution in [-0.2, 0) is 31.9 Å². The van der Waals surface area contributed by atoms with Crippen LogP contribution < -0.4 is 0 Å². The van der Waals surface area contributed by atoms with Crippen molar-refractivity contribution in [2.45, 2.75) is 82.8 Å². The minimum atomic E-state index is -2.05. The fourth-order valence-corrected chi connectivity index (χ4v) is 4.47. The zero-order valence-electron chi connectivity index (χ0n) is 20.3. The highest BCUT2D eigenvalue weighted by atomic mass is 28.4. The Labute approximate surface area is 198 Å². The Morgan fingerprint density at radius 2 is 1.30 bits per heavy atom. The van der Waals surface area contributed by atoms with E-state index in [0.29, 0.717) is 0 Å². The standard InChI is InChI=1S/C26H38O6Si/c1-26(2,3)33(4,5)31-18-21-22(27)23(29-16-19-12-8-6-9-13-19)24(25(28)32-21)30-17-20-14-10-7-11-15-20/h6-15,21-25,27-28H,16-18H2,1-5H3/t21-,22-,23+,24-,25+/m1/s1. The summed E-state index contributed by atoms with van der Waals surface area (Å²) >= 11 is 0. The molecule has 6 nitrogen and oxygen atoms in total. The lowest BCUT2D eigenvalue weighted by molar-refractivity contribution is -0.306. The molecule has 0 aliphatic carbocycles. The molecule has 3 rings (SSSR count). The maximum Gasteiger partial charge on any atom is 0.192 e. The molecule has 1 aliphatic heterocycles. The zero-order valence-corrected chi connectivity index (χ0v) is 21.3. The van der Waals surface area contributed by atoms with Crippen LogP contribution in [0.15, 0.2) is 60.7 Å². The van der Waals surface area contributed by atoms with Crippen LogP contribution in [0.1, 0.15) is 31.9 Å². The SMILES string of the molecule is CC(C)(C)[Si](C)(C)OC[C@H]1O[C@H](O)[C@H](OCc2ccccc2)[C@@H](OCc2ccccc2)[C@@H]1O. The van der Waals surface area contributed by atoms with Gasteiger partial charge in [-0.15, -0.1) is 0 Å². The van der Waals surface area contributed by atoms with E-state index in [4.69, 9.17) is 18.6 Å². The molecule has 0 unspecified atom stereocenters. The van der Waals surface area contributed by atoms with Gasteiger partial charge in [0.25, 0.3) is 0 Å². The lowest BCUT2D eigenvalue weighted by Crippen LogP contribution is -2.61. The van der Waals surface area contributed by atoms with E-state index in [1.165, 1.54) is 0 Å². The van der Waals surface area contributed by atoms with Crippen LogP contribution in [0.2, 0.25) is 18.1 Å². The third kappa shape index (κ3) is 6.96. The highest BCUT2D eigenvalue weighted by Crippen LogP contribution is 2.37. The van der Waals surface area contributed by atoms with E-state index in [-0.39, 0.29) is 24.9 Å². The molecule has 0 amide bonds. The first kappa shape index (κ1) is 26.0. The van der Waals surface area contributed by atoms with Gasteiger partial charge in [-0.05, 0) is 29.3 Å². The van der Waals surface area contributed by atoms with Gasteiger partial charge in [-0.3, -0.25) is 0 Å². The van der Waals surface area contributed by atoms with Gasteiger partial charge in [0.15, 0.2) is 14.6 Å². The Kier molecular flexibility index (Phi) is 8.86. The fraction of sp³-hybridized carbons (Fsp3) is 0.538. The van der Waals surface area contributed by atoms with Crippen molar-refractivity contribution in [3.63, 3.8) is 0 Å². The average Bonchev–Trinajstić information content (AvgIpc) is 2.78. The van der Waals surface area contributed by atoms with Crippen LogP contribution >= 0.6 is 0 Å². The zero-order chi connectivity index (χ0) is 24.1. The second-order valence-corrected chi connectivity index (χ2v) is 15.0. The number of hydrogen-bond donors (Lipinski definition) is 2. The molecule has 0 radical (unpaired) electrons. The highest BCUT2D eigenvalue weighted by Gasteiger charge is 2.47. The summed E-state index contributed by atoms with van der Waals surface area (Å²) in [6, 6.07) is 19.4. The number of benzene rings is 2. The van der Waals surface area contributed by atoms with Crippen molar-refractivity contribution < 1.29 is 28.8 Å². The first-order valence-electron chi connectivity index (χ1n) is 11.5. The smallest absolute Gasteiger partial charge is 0.192 e. The number of aliphatic hydroxyl groups excluding tert-OH is 2. The normalized spacial score (nSPS) is 26.3. The van der Waals surface area contributed by atoms with Crippen molar-refractivity contribution in [3.8, 4) is 0 Å². The van der Waals surface area contributed by atoms with Gasteiger partial charge in [-0.1, -0.05) is 81.4 Å². The Hall–Kier alpha value is -1.58. The molecule has 2 N–H and O–H groups in total. The molecule has 33 heavy (non-hydrogen) atoms. The van der Waals surface area contributed by atoms with E-state index in [2.05, 4.69) is 33.9 Å². The van der Waals surface area contributed by atoms with Crippen LogP contribution in [-0.4, -0.2) is 55.8 Å². The van der Waals surface area contributed by atoms with Crippen molar-refractivity contribution in [1.29, 1.82) is 0 Å². The van der Waals surface area contributed by atoms with Gasteiger partial charge >= 0.3 is 0 Å². The maximum atomic E-state index is 11.2. The quantitative estimate of drug-likeness (QED) is 0.529. The first-order valence-corrected chi connectivity index (χ1v) is 14.5. The van der Waals surface area contributed by atoms with Gasteiger partial charge in [-0.2, -0.15) is 0 Å². The van der Waals surface area contributed by atoms with Crippen LogP contribution in [0.25, 0.3) is 0 Å². The van der Waals surface area contributed by atoms with E-state index in [1.54, 1.807) is 0 Å². The molecule has 0 bridgehead atoms. The summed E-state index contributed by atoms with van der Waals surface area (Å²) in [7, 11) is -2.05. The van der Waals surface area contributed by atoms with Gasteiger partial charge in [0, 0.05) is 0 Å². The topological polar surface area (TPSA) is 77.4 Å². The van der Waals surface area contributed by atoms with Crippen molar-refractivity contribution in [2.75, 3.05) is 6.61 Å². The lowest BCUT2D eigenvalue weighted by Gasteiger charge is -2.44. The molecule has 0 spiro atoms. The predicted molar refractivity (Wildman–Crippen MR) is 130 cm³/mol. The van der Waals surface area contributed by atoms with Gasteiger partial charge in [-0.25, -0.2) is 0 Å². The monoisotopic (exact) mass is 474 g/mol. The largest absolute Gasteiger partial charge is 0.414 e. The van der Waals surface area contributed by atoms with E-state index < -0.39 is 39.0 Å². The molecule has 182 valence electrons. The van der Waals surface area contributed by atoms with E-state index in [9.17, 15) is 10.2 Å². The summed E-state index contributed by atoms with van der Waals surface area (Å²) in [6.45, 7) is 11.5.